The quantitative estimate of drug-likeness (QED) is 0.934. The molecule has 3 heterocycles. The van der Waals surface area contributed by atoms with Crippen LogP contribution in [0.2, 0.25) is 0 Å². The molecular weight excluding hydrogens is 318 g/mol. The Kier molecular flexibility index (Phi) is 4.26. The predicted octanol–water partition coefficient (Wildman–Crippen LogP) is 2.95. The number of rotatable bonds is 4. The number of anilines is 1. The molecule has 1 aliphatic heterocycles. The second-order valence-electron chi connectivity index (χ2n) is 5.31. The Hall–Kier alpha value is -1.73. The summed E-state index contributed by atoms with van der Waals surface area (Å²) >= 11 is 3.06. The fourth-order valence-electron chi connectivity index (χ4n) is 2.49. The molecule has 2 aromatic heterocycles. The van der Waals surface area contributed by atoms with Gasteiger partial charge in [-0.3, -0.25) is 9.59 Å². The Morgan fingerprint density at radius 2 is 2.32 bits per heavy atom. The molecule has 0 radical (unpaired) electrons. The minimum absolute atomic E-state index is 0.0417. The third kappa shape index (κ3) is 3.05. The number of carbonyl (C=O) groups excluding carboxylic acids is 2. The van der Waals surface area contributed by atoms with E-state index >= 15 is 0 Å². The first-order valence-corrected chi connectivity index (χ1v) is 8.81. The summed E-state index contributed by atoms with van der Waals surface area (Å²) in [5, 5.41) is 5.44. The van der Waals surface area contributed by atoms with Gasteiger partial charge in [-0.05, 0) is 31.7 Å². The normalized spacial score (nSPS) is 18.0. The number of aromatic nitrogens is 1. The summed E-state index contributed by atoms with van der Waals surface area (Å²) in [4.78, 5) is 32.7. The zero-order valence-electron chi connectivity index (χ0n) is 12.5. The Bertz CT molecular complexity index is 674. The summed E-state index contributed by atoms with van der Waals surface area (Å²) in [5.41, 5.74) is 0.929. The smallest absolute Gasteiger partial charge is 0.248 e. The van der Waals surface area contributed by atoms with Crippen LogP contribution in [0.3, 0.4) is 0 Å². The zero-order chi connectivity index (χ0) is 15.7. The van der Waals surface area contributed by atoms with Gasteiger partial charge in [0.25, 0.3) is 0 Å². The number of amides is 2. The van der Waals surface area contributed by atoms with Crippen LogP contribution in [-0.2, 0) is 16.1 Å². The molecule has 5 nitrogen and oxygen atoms in total. The molecule has 1 N–H and O–H groups in total. The lowest BCUT2D eigenvalue weighted by atomic mass is 10.2. The molecule has 2 aromatic rings. The van der Waals surface area contributed by atoms with Gasteiger partial charge in [-0.15, -0.1) is 22.7 Å². The topological polar surface area (TPSA) is 62.3 Å². The Labute approximate surface area is 137 Å². The molecule has 1 saturated heterocycles. The van der Waals surface area contributed by atoms with E-state index in [9.17, 15) is 9.59 Å². The van der Waals surface area contributed by atoms with Crippen LogP contribution in [0.5, 0.6) is 0 Å². The van der Waals surface area contributed by atoms with Crippen molar-refractivity contribution in [1.82, 2.24) is 9.88 Å². The highest BCUT2D eigenvalue weighted by molar-refractivity contribution is 7.15. The van der Waals surface area contributed by atoms with Gasteiger partial charge in [0.15, 0.2) is 5.13 Å². The molecule has 1 aliphatic rings. The van der Waals surface area contributed by atoms with E-state index < -0.39 is 6.04 Å². The average molecular weight is 335 g/mol. The zero-order valence-corrected chi connectivity index (χ0v) is 14.1. The summed E-state index contributed by atoms with van der Waals surface area (Å²) in [7, 11) is 0. The molecule has 0 aliphatic carbocycles. The van der Waals surface area contributed by atoms with E-state index in [-0.39, 0.29) is 11.8 Å². The maximum Gasteiger partial charge on any atom is 0.248 e. The molecule has 22 heavy (non-hydrogen) atoms. The summed E-state index contributed by atoms with van der Waals surface area (Å²) in [6.07, 6.45) is 0.999. The molecule has 3 rings (SSSR count). The highest BCUT2D eigenvalue weighted by Gasteiger charge is 2.36. The minimum atomic E-state index is -0.404. The van der Waals surface area contributed by atoms with Crippen molar-refractivity contribution in [2.24, 2.45) is 0 Å². The SMILES string of the molecule is Cc1nc(NC(=O)[C@@H]2CCC(=O)N2Cc2cccs2)sc1C. The van der Waals surface area contributed by atoms with Crippen LogP contribution in [-0.4, -0.2) is 27.7 Å². The second kappa shape index (κ2) is 6.18. The molecule has 116 valence electrons. The maximum absolute atomic E-state index is 12.5. The fraction of sp³-hybridized carbons (Fsp3) is 0.400. The van der Waals surface area contributed by atoms with Gasteiger partial charge in [0.2, 0.25) is 11.8 Å². The number of hydrogen-bond acceptors (Lipinski definition) is 5. The van der Waals surface area contributed by atoms with Gasteiger partial charge < -0.3 is 10.2 Å². The number of thiophene rings is 1. The molecular formula is C15H17N3O2S2. The average Bonchev–Trinajstić information content (AvgIpc) is 3.16. The Morgan fingerprint density at radius 3 is 2.95 bits per heavy atom. The van der Waals surface area contributed by atoms with Crippen LogP contribution in [0.15, 0.2) is 17.5 Å². The fourth-order valence-corrected chi connectivity index (χ4v) is 4.01. The first-order chi connectivity index (χ1) is 10.5. The van der Waals surface area contributed by atoms with Crippen LogP contribution in [0.1, 0.15) is 28.3 Å². The number of nitrogens with zero attached hydrogens (tertiary/aromatic N) is 2. The lowest BCUT2D eigenvalue weighted by Gasteiger charge is -2.23. The van der Waals surface area contributed by atoms with E-state index in [4.69, 9.17) is 0 Å². The molecule has 7 heteroatoms. The largest absolute Gasteiger partial charge is 0.325 e. The molecule has 2 amide bonds. The van der Waals surface area contributed by atoms with Crippen molar-refractivity contribution in [3.05, 3.63) is 33.0 Å². The van der Waals surface area contributed by atoms with Crippen LogP contribution >= 0.6 is 22.7 Å². The van der Waals surface area contributed by atoms with Crippen LogP contribution in [0.4, 0.5) is 5.13 Å². The van der Waals surface area contributed by atoms with Crippen molar-refractivity contribution in [2.45, 2.75) is 39.3 Å². The first kappa shape index (κ1) is 15.2. The Morgan fingerprint density at radius 1 is 1.50 bits per heavy atom. The maximum atomic E-state index is 12.5. The monoisotopic (exact) mass is 335 g/mol. The summed E-state index contributed by atoms with van der Waals surface area (Å²) in [5.74, 6) is -0.101. The van der Waals surface area contributed by atoms with Crippen LogP contribution < -0.4 is 5.32 Å². The first-order valence-electron chi connectivity index (χ1n) is 7.11. The van der Waals surface area contributed by atoms with Crippen molar-refractivity contribution < 1.29 is 9.59 Å². The summed E-state index contributed by atoms with van der Waals surface area (Å²) in [6, 6.07) is 3.54. The van der Waals surface area contributed by atoms with Gasteiger partial charge in [-0.2, -0.15) is 0 Å². The number of nitrogens with one attached hydrogen (secondary N) is 1. The molecule has 0 unspecified atom stereocenters. The number of hydrogen-bond donors (Lipinski definition) is 1. The second-order valence-corrected chi connectivity index (χ2v) is 7.54. The number of likely N-dealkylation sites (tertiary alicyclic amines) is 1. The molecule has 0 saturated carbocycles. The summed E-state index contributed by atoms with van der Waals surface area (Å²) < 4.78 is 0. The summed E-state index contributed by atoms with van der Waals surface area (Å²) in [6.45, 7) is 4.40. The van der Waals surface area contributed by atoms with Gasteiger partial charge in [-0.25, -0.2) is 4.98 Å². The van der Waals surface area contributed by atoms with Gasteiger partial charge in [0, 0.05) is 16.2 Å². The van der Waals surface area contributed by atoms with E-state index in [0.717, 1.165) is 15.4 Å². The number of aryl methyl sites for hydroxylation is 2. The third-order valence-electron chi connectivity index (χ3n) is 3.80. The third-order valence-corrected chi connectivity index (χ3v) is 5.65. The van der Waals surface area contributed by atoms with Gasteiger partial charge in [-0.1, -0.05) is 6.07 Å². The molecule has 1 atom stereocenters. The number of carbonyl (C=O) groups is 2. The lowest BCUT2D eigenvalue weighted by Crippen LogP contribution is -2.40. The van der Waals surface area contributed by atoms with Crippen molar-refractivity contribution in [1.29, 1.82) is 0 Å². The highest BCUT2D eigenvalue weighted by atomic mass is 32.1. The van der Waals surface area contributed by atoms with E-state index in [1.54, 1.807) is 16.2 Å². The van der Waals surface area contributed by atoms with Crippen LogP contribution in [0.25, 0.3) is 0 Å². The molecule has 0 spiro atoms. The molecule has 1 fully saturated rings. The van der Waals surface area contributed by atoms with Crippen molar-refractivity contribution in [3.8, 4) is 0 Å². The van der Waals surface area contributed by atoms with E-state index in [1.807, 2.05) is 31.4 Å². The highest BCUT2D eigenvalue weighted by Crippen LogP contribution is 2.26. The lowest BCUT2D eigenvalue weighted by molar-refractivity contribution is -0.133. The van der Waals surface area contributed by atoms with E-state index in [1.165, 1.54) is 11.3 Å². The predicted molar refractivity (Wildman–Crippen MR) is 88.1 cm³/mol. The van der Waals surface area contributed by atoms with Crippen molar-refractivity contribution >= 4 is 39.6 Å². The van der Waals surface area contributed by atoms with Gasteiger partial charge in [0.05, 0.1) is 12.2 Å². The molecule has 0 aromatic carbocycles. The van der Waals surface area contributed by atoms with Crippen molar-refractivity contribution in [3.63, 3.8) is 0 Å². The van der Waals surface area contributed by atoms with Crippen LogP contribution in [0, 0.1) is 13.8 Å². The van der Waals surface area contributed by atoms with E-state index in [0.29, 0.717) is 24.5 Å². The Balaban J connectivity index is 1.71. The molecule has 0 bridgehead atoms. The van der Waals surface area contributed by atoms with Crippen molar-refractivity contribution in [2.75, 3.05) is 5.32 Å². The van der Waals surface area contributed by atoms with E-state index in [2.05, 4.69) is 10.3 Å². The van der Waals surface area contributed by atoms with Gasteiger partial charge in [0.1, 0.15) is 6.04 Å². The number of thiazole rings is 1. The minimum Gasteiger partial charge on any atom is -0.325 e. The van der Waals surface area contributed by atoms with Gasteiger partial charge >= 0.3 is 0 Å². The standard InChI is InChI=1S/C15H17N3O2S2/c1-9-10(2)22-15(16-9)17-14(20)12-5-6-13(19)18(12)8-11-4-3-7-21-11/h3-4,7,12H,5-6,8H2,1-2H3,(H,16,17,20)/t12-/m0/s1.